The van der Waals surface area contributed by atoms with E-state index >= 15 is 0 Å². The van der Waals surface area contributed by atoms with Gasteiger partial charge >= 0.3 is 5.97 Å². The van der Waals surface area contributed by atoms with Gasteiger partial charge in [-0.25, -0.2) is 4.79 Å². The van der Waals surface area contributed by atoms with Crippen LogP contribution < -0.4 is 0 Å². The van der Waals surface area contributed by atoms with Gasteiger partial charge in [-0.15, -0.1) is 0 Å². The van der Waals surface area contributed by atoms with Gasteiger partial charge in [-0.1, -0.05) is 45.4 Å². The Balaban J connectivity index is 1.69. The zero-order valence-corrected chi connectivity index (χ0v) is 18.2. The molecule has 2 N–H and O–H groups in total. The zero-order valence-electron chi connectivity index (χ0n) is 18.2. The lowest BCUT2D eigenvalue weighted by Gasteiger charge is -2.29. The van der Waals surface area contributed by atoms with Crippen molar-refractivity contribution < 1.29 is 24.6 Å². The van der Waals surface area contributed by atoms with Gasteiger partial charge in [-0.3, -0.25) is 9.59 Å². The summed E-state index contributed by atoms with van der Waals surface area (Å²) in [6.45, 7) is 2.19. The summed E-state index contributed by atoms with van der Waals surface area (Å²) in [7, 11) is 0. The van der Waals surface area contributed by atoms with E-state index in [9.17, 15) is 19.5 Å². The number of carbonyl (C=O) groups is 3. The molecule has 3 atom stereocenters. The van der Waals surface area contributed by atoms with Crippen LogP contribution in [0.1, 0.15) is 110 Å². The van der Waals surface area contributed by atoms with Crippen molar-refractivity contribution >= 4 is 17.5 Å². The maximum Gasteiger partial charge on any atom is 0.372 e. The third kappa shape index (κ3) is 7.84. The topological polar surface area (TPSA) is 91.7 Å². The molecule has 0 aromatic rings. The third-order valence-electron chi connectivity index (χ3n) is 7.14. The van der Waals surface area contributed by atoms with E-state index in [1.54, 1.807) is 0 Å². The highest BCUT2D eigenvalue weighted by Gasteiger charge is 2.43. The van der Waals surface area contributed by atoms with Crippen molar-refractivity contribution in [3.63, 3.8) is 0 Å². The molecule has 2 aliphatic rings. The molecular weight excluding hydrogens is 368 g/mol. The number of carboxylic acids is 1. The van der Waals surface area contributed by atoms with Crippen LogP contribution in [0.3, 0.4) is 0 Å². The predicted octanol–water partition coefficient (Wildman–Crippen LogP) is 5.08. The van der Waals surface area contributed by atoms with Gasteiger partial charge in [-0.2, -0.15) is 0 Å². The van der Waals surface area contributed by atoms with Gasteiger partial charge in [0.1, 0.15) is 5.78 Å². The van der Waals surface area contributed by atoms with Crippen LogP contribution in [0.4, 0.5) is 0 Å². The van der Waals surface area contributed by atoms with Gasteiger partial charge in [0.25, 0.3) is 0 Å². The Labute approximate surface area is 175 Å². The number of rotatable bonds is 16. The van der Waals surface area contributed by atoms with E-state index in [4.69, 9.17) is 5.11 Å². The summed E-state index contributed by atoms with van der Waals surface area (Å²) in [6.07, 6.45) is 14.5. The Morgan fingerprint density at radius 3 is 2.34 bits per heavy atom. The number of carboxylic acid groups (broad SMARTS) is 1. The van der Waals surface area contributed by atoms with Crippen molar-refractivity contribution in [1.82, 2.24) is 0 Å². The Kier molecular flexibility index (Phi) is 9.81. The highest BCUT2D eigenvalue weighted by Crippen LogP contribution is 2.46. The first-order chi connectivity index (χ1) is 13.9. The van der Waals surface area contributed by atoms with Crippen LogP contribution in [0.25, 0.3) is 0 Å². The number of hydrogen-bond acceptors (Lipinski definition) is 4. The van der Waals surface area contributed by atoms with Crippen LogP contribution in [0, 0.1) is 17.8 Å². The lowest BCUT2D eigenvalue weighted by Crippen LogP contribution is -2.31. The highest BCUT2D eigenvalue weighted by atomic mass is 16.4. The molecule has 0 saturated heterocycles. The van der Waals surface area contributed by atoms with Crippen molar-refractivity contribution in [3.8, 4) is 0 Å². The highest BCUT2D eigenvalue weighted by molar-refractivity contribution is 6.32. The molecule has 5 heteroatoms. The van der Waals surface area contributed by atoms with E-state index in [2.05, 4.69) is 6.92 Å². The summed E-state index contributed by atoms with van der Waals surface area (Å²) in [4.78, 5) is 34.0. The Bertz CT molecular complexity index is 553. The third-order valence-corrected chi connectivity index (χ3v) is 7.14. The molecule has 0 bridgehead atoms. The molecule has 0 amide bonds. The molecule has 166 valence electrons. The normalized spacial score (nSPS) is 23.9. The number of aliphatic hydroxyl groups is 1. The van der Waals surface area contributed by atoms with Gasteiger partial charge in [0, 0.05) is 18.8 Å². The first-order valence-electron chi connectivity index (χ1n) is 11.9. The largest absolute Gasteiger partial charge is 0.476 e. The molecule has 2 aliphatic carbocycles. The Hall–Kier alpha value is -1.23. The molecule has 2 saturated carbocycles. The van der Waals surface area contributed by atoms with Crippen molar-refractivity contribution in [2.24, 2.45) is 17.8 Å². The average Bonchev–Trinajstić information content (AvgIpc) is 3.48. The zero-order chi connectivity index (χ0) is 21.3. The molecule has 0 aliphatic heterocycles. The van der Waals surface area contributed by atoms with E-state index in [1.165, 1.54) is 12.8 Å². The Morgan fingerprint density at radius 1 is 0.966 bits per heavy atom. The van der Waals surface area contributed by atoms with Crippen LogP contribution in [0.15, 0.2) is 0 Å². The fourth-order valence-corrected chi connectivity index (χ4v) is 5.16. The average molecular weight is 409 g/mol. The van der Waals surface area contributed by atoms with Crippen molar-refractivity contribution in [1.29, 1.82) is 0 Å². The van der Waals surface area contributed by atoms with Gasteiger partial charge in [0.05, 0.1) is 5.60 Å². The molecule has 0 spiro atoms. The van der Waals surface area contributed by atoms with Gasteiger partial charge in [0.2, 0.25) is 5.78 Å². The quantitative estimate of drug-likeness (QED) is 0.274. The SMILES string of the molecule is CCCCCC(O)(CCC[C@H]1CCC(=O)[C@@H]1CCCCCC(=O)C(=O)O)C1CC1. The number of aliphatic carboxylic acids is 1. The maximum atomic E-state index is 12.3. The first-order valence-corrected chi connectivity index (χ1v) is 11.9. The monoisotopic (exact) mass is 408 g/mol. The molecule has 29 heavy (non-hydrogen) atoms. The minimum Gasteiger partial charge on any atom is -0.476 e. The summed E-state index contributed by atoms with van der Waals surface area (Å²) in [5.74, 6) is -0.647. The second kappa shape index (κ2) is 11.8. The smallest absolute Gasteiger partial charge is 0.372 e. The fourth-order valence-electron chi connectivity index (χ4n) is 5.16. The summed E-state index contributed by atoms with van der Waals surface area (Å²) in [5, 5.41) is 19.7. The standard InChI is InChI=1S/C24H40O5/c1-2-3-7-16-24(29,19-13-14-19)17-8-9-18-12-15-21(25)20(18)10-5-4-6-11-22(26)23(27)28/h18-20,29H,2-17H2,1H3,(H,27,28)/t18-,20+,24?/m0/s1. The van der Waals surface area contributed by atoms with Gasteiger partial charge < -0.3 is 10.2 Å². The lowest BCUT2D eigenvalue weighted by molar-refractivity contribution is -0.149. The molecule has 0 aromatic carbocycles. The minimum atomic E-state index is -1.35. The molecule has 2 rings (SSSR count). The van der Waals surface area contributed by atoms with Gasteiger partial charge in [-0.05, 0) is 63.2 Å². The number of ketones is 2. The number of Topliss-reactive ketones (excluding diaryl/α,β-unsaturated/α-hetero) is 2. The van der Waals surface area contributed by atoms with E-state index in [-0.39, 0.29) is 12.3 Å². The second-order valence-electron chi connectivity index (χ2n) is 9.43. The molecule has 5 nitrogen and oxygen atoms in total. The summed E-state index contributed by atoms with van der Waals surface area (Å²) < 4.78 is 0. The van der Waals surface area contributed by atoms with E-state index < -0.39 is 17.4 Å². The molecule has 0 radical (unpaired) electrons. The minimum absolute atomic E-state index is 0.0924. The van der Waals surface area contributed by atoms with E-state index in [0.29, 0.717) is 30.5 Å². The number of hydrogen-bond donors (Lipinski definition) is 2. The van der Waals surface area contributed by atoms with Crippen molar-refractivity contribution in [2.75, 3.05) is 0 Å². The summed E-state index contributed by atoms with van der Waals surface area (Å²) in [6, 6.07) is 0. The molecular formula is C24H40O5. The Morgan fingerprint density at radius 2 is 1.69 bits per heavy atom. The van der Waals surface area contributed by atoms with Crippen molar-refractivity contribution in [3.05, 3.63) is 0 Å². The molecule has 1 unspecified atom stereocenters. The number of carbonyl (C=O) groups excluding carboxylic acids is 2. The molecule has 0 aromatic heterocycles. The second-order valence-corrected chi connectivity index (χ2v) is 9.43. The van der Waals surface area contributed by atoms with Gasteiger partial charge in [0.15, 0.2) is 0 Å². The summed E-state index contributed by atoms with van der Waals surface area (Å²) >= 11 is 0. The lowest BCUT2D eigenvalue weighted by atomic mass is 9.82. The maximum absolute atomic E-state index is 12.3. The summed E-state index contributed by atoms with van der Waals surface area (Å²) in [5.41, 5.74) is -0.482. The predicted molar refractivity (Wildman–Crippen MR) is 113 cm³/mol. The van der Waals surface area contributed by atoms with Crippen LogP contribution in [-0.4, -0.2) is 33.3 Å². The van der Waals surface area contributed by atoms with Crippen LogP contribution in [0.5, 0.6) is 0 Å². The molecule has 0 heterocycles. The van der Waals surface area contributed by atoms with Crippen LogP contribution in [0.2, 0.25) is 0 Å². The van der Waals surface area contributed by atoms with E-state index in [1.807, 2.05) is 0 Å². The van der Waals surface area contributed by atoms with Crippen molar-refractivity contribution in [2.45, 2.75) is 115 Å². The fraction of sp³-hybridized carbons (Fsp3) is 0.875. The van der Waals surface area contributed by atoms with E-state index in [0.717, 1.165) is 70.6 Å². The first kappa shape index (κ1) is 24.0. The van der Waals surface area contributed by atoms with Crippen LogP contribution in [-0.2, 0) is 14.4 Å². The number of unbranched alkanes of at least 4 members (excludes halogenated alkanes) is 4. The van der Waals surface area contributed by atoms with Crippen LogP contribution >= 0.6 is 0 Å². The molecule has 2 fully saturated rings.